The van der Waals surface area contributed by atoms with E-state index >= 15 is 0 Å². The highest BCUT2D eigenvalue weighted by molar-refractivity contribution is 5.69. The molecule has 2 rings (SSSR count). The van der Waals surface area contributed by atoms with Crippen molar-refractivity contribution >= 4 is 5.82 Å². The van der Waals surface area contributed by atoms with Gasteiger partial charge in [0.15, 0.2) is 0 Å². The Bertz CT molecular complexity index is 503. The van der Waals surface area contributed by atoms with Gasteiger partial charge in [-0.15, -0.1) is 0 Å². The van der Waals surface area contributed by atoms with Crippen molar-refractivity contribution in [2.45, 2.75) is 6.92 Å². The number of nitrogen functional groups attached to an aromatic ring is 1. The number of aryl methyl sites for hydroxylation is 1. The van der Waals surface area contributed by atoms with Crippen molar-refractivity contribution in [2.24, 2.45) is 7.05 Å². The number of phenols is 1. The topological polar surface area (TPSA) is 64.1 Å². The third-order valence-electron chi connectivity index (χ3n) is 2.44. The summed E-state index contributed by atoms with van der Waals surface area (Å²) in [5.74, 6) is 0.766. The second-order valence-electron chi connectivity index (χ2n) is 3.53. The van der Waals surface area contributed by atoms with Gasteiger partial charge in [0.2, 0.25) is 0 Å². The van der Waals surface area contributed by atoms with Gasteiger partial charge in [0.25, 0.3) is 0 Å². The summed E-state index contributed by atoms with van der Waals surface area (Å²) < 4.78 is 1.72. The average Bonchev–Trinajstić information content (AvgIpc) is 2.41. The zero-order chi connectivity index (χ0) is 11.0. The Kier molecular flexibility index (Phi) is 2.11. The number of anilines is 1. The lowest BCUT2D eigenvalue weighted by Gasteiger charge is -2.03. The smallest absolute Gasteiger partial charge is 0.148 e. The van der Waals surface area contributed by atoms with E-state index in [4.69, 9.17) is 5.73 Å². The van der Waals surface area contributed by atoms with Gasteiger partial charge in [-0.3, -0.25) is 4.68 Å². The summed E-state index contributed by atoms with van der Waals surface area (Å²) in [5.41, 5.74) is 8.51. The molecule has 2 aromatic rings. The van der Waals surface area contributed by atoms with Crippen molar-refractivity contribution in [1.29, 1.82) is 0 Å². The molecule has 1 aromatic carbocycles. The molecule has 0 fully saturated rings. The number of hydrogen-bond donors (Lipinski definition) is 2. The maximum absolute atomic E-state index is 9.40. The van der Waals surface area contributed by atoms with Crippen molar-refractivity contribution in [3.63, 3.8) is 0 Å². The highest BCUT2D eigenvalue weighted by Crippen LogP contribution is 2.28. The van der Waals surface area contributed by atoms with E-state index in [1.165, 1.54) is 0 Å². The predicted octanol–water partition coefficient (Wildman–Crippen LogP) is 1.68. The van der Waals surface area contributed by atoms with Crippen molar-refractivity contribution in [2.75, 3.05) is 5.73 Å². The molecular formula is C11H13N3O. The van der Waals surface area contributed by atoms with Crippen LogP contribution in [0.5, 0.6) is 5.75 Å². The van der Waals surface area contributed by atoms with Crippen LogP contribution < -0.4 is 5.73 Å². The van der Waals surface area contributed by atoms with Gasteiger partial charge in [-0.1, -0.05) is 12.1 Å². The first-order valence-corrected chi connectivity index (χ1v) is 4.68. The van der Waals surface area contributed by atoms with Gasteiger partial charge in [-0.05, 0) is 19.1 Å². The molecule has 0 amide bonds. The van der Waals surface area contributed by atoms with E-state index in [1.807, 2.05) is 20.0 Å². The standard InChI is InChI=1S/C11H13N3O/c1-7-10(14(2)13-11(7)12)8-4-3-5-9(15)6-8/h3-6,15H,1-2H3,(H2,12,13). The van der Waals surface area contributed by atoms with Crippen LogP contribution in [0.1, 0.15) is 5.56 Å². The number of phenolic OH excluding ortho intramolecular Hbond substituents is 1. The molecule has 1 heterocycles. The van der Waals surface area contributed by atoms with E-state index in [2.05, 4.69) is 5.10 Å². The van der Waals surface area contributed by atoms with E-state index in [9.17, 15) is 5.11 Å². The summed E-state index contributed by atoms with van der Waals surface area (Å²) in [6.45, 7) is 1.92. The lowest BCUT2D eigenvalue weighted by Crippen LogP contribution is -1.94. The van der Waals surface area contributed by atoms with Gasteiger partial charge < -0.3 is 10.8 Å². The Morgan fingerprint density at radius 1 is 1.40 bits per heavy atom. The Morgan fingerprint density at radius 2 is 2.13 bits per heavy atom. The van der Waals surface area contributed by atoms with Crippen molar-refractivity contribution in [1.82, 2.24) is 9.78 Å². The monoisotopic (exact) mass is 203 g/mol. The van der Waals surface area contributed by atoms with Crippen molar-refractivity contribution in [3.05, 3.63) is 29.8 Å². The fourth-order valence-corrected chi connectivity index (χ4v) is 1.71. The van der Waals surface area contributed by atoms with Crippen LogP contribution in [0.15, 0.2) is 24.3 Å². The molecule has 4 heteroatoms. The minimum absolute atomic E-state index is 0.242. The molecule has 15 heavy (non-hydrogen) atoms. The van der Waals surface area contributed by atoms with E-state index in [0.717, 1.165) is 16.8 Å². The zero-order valence-corrected chi connectivity index (χ0v) is 8.73. The number of nitrogens with two attached hydrogens (primary N) is 1. The summed E-state index contributed by atoms with van der Waals surface area (Å²) in [7, 11) is 1.84. The maximum Gasteiger partial charge on any atom is 0.148 e. The molecule has 0 aliphatic heterocycles. The molecule has 78 valence electrons. The SMILES string of the molecule is Cc1c(N)nn(C)c1-c1cccc(O)c1. The highest BCUT2D eigenvalue weighted by atomic mass is 16.3. The molecule has 0 saturated carbocycles. The predicted molar refractivity (Wildman–Crippen MR) is 59.5 cm³/mol. The Hall–Kier alpha value is -1.97. The first kappa shape index (κ1) is 9.58. The molecule has 1 aromatic heterocycles. The second kappa shape index (κ2) is 3.31. The average molecular weight is 203 g/mol. The Morgan fingerprint density at radius 3 is 2.67 bits per heavy atom. The number of nitrogens with zero attached hydrogens (tertiary/aromatic N) is 2. The van der Waals surface area contributed by atoms with Crippen molar-refractivity contribution in [3.8, 4) is 17.0 Å². The third kappa shape index (κ3) is 1.54. The molecule has 3 N–H and O–H groups in total. The Balaban J connectivity index is 2.63. The molecule has 0 atom stereocenters. The minimum atomic E-state index is 0.242. The number of aromatic nitrogens is 2. The van der Waals surface area contributed by atoms with Crippen LogP contribution in [0.2, 0.25) is 0 Å². The molecule has 0 bridgehead atoms. The largest absolute Gasteiger partial charge is 0.508 e. The summed E-state index contributed by atoms with van der Waals surface area (Å²) in [4.78, 5) is 0. The summed E-state index contributed by atoms with van der Waals surface area (Å²) >= 11 is 0. The first-order valence-electron chi connectivity index (χ1n) is 4.68. The van der Waals surface area contributed by atoms with E-state index < -0.39 is 0 Å². The molecule has 0 spiro atoms. The van der Waals surface area contributed by atoms with Crippen LogP contribution in [0.4, 0.5) is 5.82 Å². The number of aromatic hydroxyl groups is 1. The number of rotatable bonds is 1. The van der Waals surface area contributed by atoms with Gasteiger partial charge >= 0.3 is 0 Å². The first-order chi connectivity index (χ1) is 7.09. The normalized spacial score (nSPS) is 10.5. The van der Waals surface area contributed by atoms with Gasteiger partial charge in [0.1, 0.15) is 11.6 Å². The van der Waals surface area contributed by atoms with Crippen LogP contribution in [0.3, 0.4) is 0 Å². The Labute approximate surface area is 88.0 Å². The molecule has 0 saturated heterocycles. The highest BCUT2D eigenvalue weighted by Gasteiger charge is 2.11. The third-order valence-corrected chi connectivity index (χ3v) is 2.44. The van der Waals surface area contributed by atoms with Crippen LogP contribution in [0, 0.1) is 6.92 Å². The lowest BCUT2D eigenvalue weighted by molar-refractivity contribution is 0.475. The molecule has 0 radical (unpaired) electrons. The van der Waals surface area contributed by atoms with Gasteiger partial charge in [0, 0.05) is 18.2 Å². The van der Waals surface area contributed by atoms with Gasteiger partial charge in [-0.2, -0.15) is 5.10 Å². The summed E-state index contributed by atoms with van der Waals surface area (Å²) in [6.07, 6.45) is 0. The van der Waals surface area contributed by atoms with E-state index in [1.54, 1.807) is 22.9 Å². The molecule has 0 aliphatic carbocycles. The molecule has 4 nitrogen and oxygen atoms in total. The minimum Gasteiger partial charge on any atom is -0.508 e. The maximum atomic E-state index is 9.40. The van der Waals surface area contributed by atoms with Crippen LogP contribution in [-0.4, -0.2) is 14.9 Å². The van der Waals surface area contributed by atoms with Crippen LogP contribution in [0.25, 0.3) is 11.3 Å². The summed E-state index contributed by atoms with van der Waals surface area (Å²) in [6, 6.07) is 7.05. The van der Waals surface area contributed by atoms with Crippen molar-refractivity contribution < 1.29 is 5.11 Å². The van der Waals surface area contributed by atoms with Crippen LogP contribution >= 0.6 is 0 Å². The molecule has 0 unspecified atom stereocenters. The molecule has 0 aliphatic rings. The lowest BCUT2D eigenvalue weighted by atomic mass is 10.1. The second-order valence-corrected chi connectivity index (χ2v) is 3.53. The van der Waals surface area contributed by atoms with Gasteiger partial charge in [0.05, 0.1) is 5.69 Å². The van der Waals surface area contributed by atoms with Crippen LogP contribution in [-0.2, 0) is 7.05 Å². The van der Waals surface area contributed by atoms with E-state index in [0.29, 0.717) is 5.82 Å². The van der Waals surface area contributed by atoms with E-state index in [-0.39, 0.29) is 5.75 Å². The molecular weight excluding hydrogens is 190 g/mol. The number of hydrogen-bond acceptors (Lipinski definition) is 3. The quantitative estimate of drug-likeness (QED) is 0.741. The fraction of sp³-hybridized carbons (Fsp3) is 0.182. The summed E-state index contributed by atoms with van der Waals surface area (Å²) in [5, 5.41) is 13.5. The zero-order valence-electron chi connectivity index (χ0n) is 8.73. The fourth-order valence-electron chi connectivity index (χ4n) is 1.71. The number of benzene rings is 1. The van der Waals surface area contributed by atoms with Gasteiger partial charge in [-0.25, -0.2) is 0 Å².